The second-order valence-corrected chi connectivity index (χ2v) is 3.99. The van der Waals surface area contributed by atoms with E-state index in [1.807, 2.05) is 32.9 Å². The van der Waals surface area contributed by atoms with Crippen LogP contribution in [-0.2, 0) is 4.79 Å². The van der Waals surface area contributed by atoms with Gasteiger partial charge in [0, 0.05) is 6.21 Å². The van der Waals surface area contributed by atoms with Crippen LogP contribution >= 0.6 is 0 Å². The first kappa shape index (κ1) is 11.4. The van der Waals surface area contributed by atoms with Crippen molar-refractivity contribution in [2.75, 3.05) is 0 Å². The van der Waals surface area contributed by atoms with E-state index >= 15 is 0 Å². The third-order valence-electron chi connectivity index (χ3n) is 2.14. The van der Waals surface area contributed by atoms with Crippen LogP contribution in [0, 0.1) is 5.41 Å². The zero-order valence-corrected chi connectivity index (χ0v) is 9.37. The Labute approximate surface area is 90.3 Å². The Morgan fingerprint density at radius 1 is 1.53 bits per heavy atom. The average molecular weight is 204 g/mol. The van der Waals surface area contributed by atoms with Gasteiger partial charge in [-0.2, -0.15) is 0 Å². The largest absolute Gasteiger partial charge is 0.323 e. The van der Waals surface area contributed by atoms with E-state index in [0.717, 1.165) is 0 Å². The lowest BCUT2D eigenvalue weighted by molar-refractivity contribution is -0.125. The number of rotatable bonds is 1. The van der Waals surface area contributed by atoms with Crippen molar-refractivity contribution in [3.05, 3.63) is 36.2 Å². The molecule has 1 heterocycles. The fourth-order valence-electron chi connectivity index (χ4n) is 1.05. The van der Waals surface area contributed by atoms with Crippen LogP contribution in [0.2, 0.25) is 0 Å². The van der Waals surface area contributed by atoms with E-state index in [2.05, 4.69) is 16.9 Å². The van der Waals surface area contributed by atoms with Gasteiger partial charge >= 0.3 is 0 Å². The van der Waals surface area contributed by atoms with Gasteiger partial charge in [-0.3, -0.25) is 9.79 Å². The van der Waals surface area contributed by atoms with E-state index in [-0.39, 0.29) is 5.91 Å². The number of aliphatic imine (C=N–C) groups is 1. The van der Waals surface area contributed by atoms with Gasteiger partial charge in [-0.25, -0.2) is 0 Å². The van der Waals surface area contributed by atoms with Crippen LogP contribution in [0.25, 0.3) is 0 Å². The molecule has 0 unspecified atom stereocenters. The van der Waals surface area contributed by atoms with Gasteiger partial charge in [0.15, 0.2) is 0 Å². The Kier molecular flexibility index (Phi) is 3.24. The number of carbonyl (C=O) groups is 1. The molecule has 1 N–H and O–H groups in total. The lowest BCUT2D eigenvalue weighted by atomic mass is 9.94. The number of nitrogens with one attached hydrogen (secondary N) is 1. The SMILES string of the molecule is C=C1N=CC(C)(C)C(=O)N/C1=C/C=C\C. The van der Waals surface area contributed by atoms with Gasteiger partial charge in [0.05, 0.1) is 16.8 Å². The highest BCUT2D eigenvalue weighted by atomic mass is 16.2. The molecule has 1 amide bonds. The first-order chi connectivity index (χ1) is 6.97. The normalized spacial score (nSPS) is 23.3. The van der Waals surface area contributed by atoms with Crippen LogP contribution in [0.1, 0.15) is 20.8 Å². The Morgan fingerprint density at radius 3 is 2.80 bits per heavy atom. The molecule has 0 atom stereocenters. The van der Waals surface area contributed by atoms with Gasteiger partial charge in [-0.05, 0) is 26.8 Å². The molecular formula is C12H16N2O. The molecule has 3 heteroatoms. The average Bonchev–Trinajstić information content (AvgIpc) is 2.27. The quantitative estimate of drug-likeness (QED) is 0.699. The minimum atomic E-state index is -0.589. The lowest BCUT2D eigenvalue weighted by Gasteiger charge is -2.15. The molecule has 0 fully saturated rings. The predicted molar refractivity (Wildman–Crippen MR) is 62.5 cm³/mol. The molecule has 1 aliphatic rings. The zero-order chi connectivity index (χ0) is 11.5. The van der Waals surface area contributed by atoms with E-state index in [9.17, 15) is 4.79 Å². The molecule has 0 saturated carbocycles. The second kappa shape index (κ2) is 4.26. The molecule has 0 bridgehead atoms. The maximum absolute atomic E-state index is 11.7. The molecule has 0 radical (unpaired) electrons. The van der Waals surface area contributed by atoms with Gasteiger partial charge < -0.3 is 5.32 Å². The molecule has 1 rings (SSSR count). The van der Waals surface area contributed by atoms with E-state index in [4.69, 9.17) is 0 Å². The smallest absolute Gasteiger partial charge is 0.235 e. The van der Waals surface area contributed by atoms with Crippen molar-refractivity contribution in [3.8, 4) is 0 Å². The summed E-state index contributed by atoms with van der Waals surface area (Å²) in [5.74, 6) is -0.0688. The van der Waals surface area contributed by atoms with Crippen molar-refractivity contribution in [2.45, 2.75) is 20.8 Å². The molecule has 15 heavy (non-hydrogen) atoms. The minimum absolute atomic E-state index is 0.0688. The number of hydrogen-bond acceptors (Lipinski definition) is 2. The molecule has 0 spiro atoms. The number of nitrogens with zero attached hydrogens (tertiary/aromatic N) is 1. The number of amides is 1. The summed E-state index contributed by atoms with van der Waals surface area (Å²) >= 11 is 0. The molecule has 80 valence electrons. The van der Waals surface area contributed by atoms with E-state index < -0.39 is 5.41 Å². The number of hydrogen-bond donors (Lipinski definition) is 1. The summed E-state index contributed by atoms with van der Waals surface area (Å²) in [4.78, 5) is 15.9. The molecule has 0 aliphatic carbocycles. The summed E-state index contributed by atoms with van der Waals surface area (Å²) in [6.07, 6.45) is 7.14. The summed E-state index contributed by atoms with van der Waals surface area (Å²) in [7, 11) is 0. The van der Waals surface area contributed by atoms with Crippen LogP contribution in [0.3, 0.4) is 0 Å². The Balaban J connectivity index is 3.04. The Morgan fingerprint density at radius 2 is 2.20 bits per heavy atom. The summed E-state index contributed by atoms with van der Waals surface area (Å²) < 4.78 is 0. The first-order valence-electron chi connectivity index (χ1n) is 4.86. The van der Waals surface area contributed by atoms with Crippen LogP contribution < -0.4 is 5.32 Å². The van der Waals surface area contributed by atoms with Crippen molar-refractivity contribution >= 4 is 12.1 Å². The highest BCUT2D eigenvalue weighted by molar-refractivity contribution is 6.00. The zero-order valence-electron chi connectivity index (χ0n) is 9.37. The maximum atomic E-state index is 11.7. The maximum Gasteiger partial charge on any atom is 0.235 e. The number of allylic oxidation sites excluding steroid dienone is 3. The lowest BCUT2D eigenvalue weighted by Crippen LogP contribution is -2.35. The van der Waals surface area contributed by atoms with E-state index in [1.165, 1.54) is 0 Å². The Bertz CT molecular complexity index is 373. The van der Waals surface area contributed by atoms with Crippen molar-refractivity contribution in [1.82, 2.24) is 5.32 Å². The predicted octanol–water partition coefficient (Wildman–Crippen LogP) is 2.19. The van der Waals surface area contributed by atoms with Crippen LogP contribution in [0.15, 0.2) is 41.2 Å². The van der Waals surface area contributed by atoms with Crippen molar-refractivity contribution in [1.29, 1.82) is 0 Å². The molecule has 0 aromatic heterocycles. The number of carbonyl (C=O) groups excluding carboxylic acids is 1. The second-order valence-electron chi connectivity index (χ2n) is 3.99. The summed E-state index contributed by atoms with van der Waals surface area (Å²) in [6.45, 7) is 9.34. The minimum Gasteiger partial charge on any atom is -0.323 e. The van der Waals surface area contributed by atoms with E-state index in [1.54, 1.807) is 12.3 Å². The summed E-state index contributed by atoms with van der Waals surface area (Å²) in [6, 6.07) is 0. The third-order valence-corrected chi connectivity index (χ3v) is 2.14. The fourth-order valence-corrected chi connectivity index (χ4v) is 1.05. The summed E-state index contributed by atoms with van der Waals surface area (Å²) in [5, 5.41) is 2.80. The van der Waals surface area contributed by atoms with Crippen LogP contribution in [0.5, 0.6) is 0 Å². The monoisotopic (exact) mass is 204 g/mol. The third kappa shape index (κ3) is 2.65. The highest BCUT2D eigenvalue weighted by Crippen LogP contribution is 2.19. The molecule has 0 saturated heterocycles. The molecular weight excluding hydrogens is 188 g/mol. The first-order valence-corrected chi connectivity index (χ1v) is 4.86. The Hall–Kier alpha value is -1.64. The van der Waals surface area contributed by atoms with Gasteiger partial charge in [-0.15, -0.1) is 0 Å². The van der Waals surface area contributed by atoms with Crippen molar-refractivity contribution in [2.24, 2.45) is 10.4 Å². The topological polar surface area (TPSA) is 41.5 Å². The van der Waals surface area contributed by atoms with Gasteiger partial charge in [0.25, 0.3) is 0 Å². The fraction of sp³-hybridized carbons (Fsp3) is 0.333. The van der Waals surface area contributed by atoms with Crippen molar-refractivity contribution < 1.29 is 4.79 Å². The van der Waals surface area contributed by atoms with Gasteiger partial charge in [-0.1, -0.05) is 18.7 Å². The standard InChI is InChI=1S/C12H16N2O/c1-5-6-7-10-9(2)13-8-12(3,4)11(15)14-10/h5-8H,2H2,1,3-4H3,(H,14,15)/b6-5-,10-7+. The summed E-state index contributed by atoms with van der Waals surface area (Å²) in [5.41, 5.74) is 0.640. The van der Waals surface area contributed by atoms with Crippen LogP contribution in [0.4, 0.5) is 0 Å². The molecule has 0 aromatic carbocycles. The molecule has 0 aromatic rings. The van der Waals surface area contributed by atoms with E-state index in [0.29, 0.717) is 11.4 Å². The van der Waals surface area contributed by atoms with Gasteiger partial charge in [0.1, 0.15) is 0 Å². The highest BCUT2D eigenvalue weighted by Gasteiger charge is 2.28. The van der Waals surface area contributed by atoms with Crippen LogP contribution in [-0.4, -0.2) is 12.1 Å². The van der Waals surface area contributed by atoms with Gasteiger partial charge in [0.2, 0.25) is 5.91 Å². The molecule has 1 aliphatic heterocycles. The van der Waals surface area contributed by atoms with Crippen molar-refractivity contribution in [3.63, 3.8) is 0 Å². The molecule has 3 nitrogen and oxygen atoms in total.